The van der Waals surface area contributed by atoms with Crippen LogP contribution in [0.3, 0.4) is 0 Å². The molecule has 68 valence electrons. The van der Waals surface area contributed by atoms with Crippen molar-refractivity contribution in [3.05, 3.63) is 38.8 Å². The topological polar surface area (TPSA) is 47.6 Å². The number of allylic oxidation sites excluding steroid dienone is 1. The fraction of sp³-hybridized carbons (Fsp3) is 0. The molecule has 2 nitrogen and oxygen atoms in total. The summed E-state index contributed by atoms with van der Waals surface area (Å²) >= 11 is 9.03. The summed E-state index contributed by atoms with van der Waals surface area (Å²) < 4.78 is 0.757. The molecule has 0 bridgehead atoms. The molecular weight excluding hydrogens is 263 g/mol. The monoisotopic (exact) mass is 266 g/mol. The van der Waals surface area contributed by atoms with Gasteiger partial charge in [-0.05, 0) is 23.8 Å². The van der Waals surface area contributed by atoms with Gasteiger partial charge < -0.3 is 0 Å². The van der Waals surface area contributed by atoms with E-state index in [1.165, 1.54) is 6.08 Å². The van der Waals surface area contributed by atoms with E-state index >= 15 is 0 Å². The molecule has 0 aliphatic carbocycles. The summed E-state index contributed by atoms with van der Waals surface area (Å²) in [6.45, 7) is 0. The minimum atomic E-state index is 0.0630. The molecule has 0 N–H and O–H groups in total. The number of nitrogens with zero attached hydrogens (tertiary/aromatic N) is 2. The maximum absolute atomic E-state index is 8.55. The Balaban J connectivity index is 3.18. The van der Waals surface area contributed by atoms with Crippen molar-refractivity contribution in [1.82, 2.24) is 0 Å². The Morgan fingerprint density at radius 1 is 1.36 bits per heavy atom. The number of rotatable bonds is 1. The highest BCUT2D eigenvalue weighted by Gasteiger charge is 1.99. The fourth-order valence-corrected chi connectivity index (χ4v) is 1.66. The lowest BCUT2D eigenvalue weighted by atomic mass is 10.1. The van der Waals surface area contributed by atoms with Crippen LogP contribution in [0.1, 0.15) is 5.56 Å². The molecule has 0 aromatic heterocycles. The minimum Gasteiger partial charge on any atom is -0.192 e. The summed E-state index contributed by atoms with van der Waals surface area (Å²) in [7, 11) is 0. The normalized spacial score (nSPS) is 8.57. The molecule has 0 atom stereocenters. The Kier molecular flexibility index (Phi) is 3.71. The molecule has 0 amide bonds. The Hall–Kier alpha value is -1.29. The van der Waals surface area contributed by atoms with E-state index in [2.05, 4.69) is 15.9 Å². The van der Waals surface area contributed by atoms with E-state index in [1.807, 2.05) is 0 Å². The van der Waals surface area contributed by atoms with Gasteiger partial charge in [-0.1, -0.05) is 33.6 Å². The van der Waals surface area contributed by atoms with Crippen molar-refractivity contribution in [3.8, 4) is 12.1 Å². The van der Waals surface area contributed by atoms with Crippen LogP contribution in [-0.2, 0) is 0 Å². The molecule has 1 rings (SSSR count). The van der Waals surface area contributed by atoms with Crippen LogP contribution in [0, 0.1) is 22.7 Å². The van der Waals surface area contributed by atoms with Gasteiger partial charge >= 0.3 is 0 Å². The first-order valence-electron chi connectivity index (χ1n) is 3.64. The van der Waals surface area contributed by atoms with E-state index in [0.29, 0.717) is 5.02 Å². The lowest BCUT2D eigenvalue weighted by Crippen LogP contribution is -1.78. The van der Waals surface area contributed by atoms with Crippen molar-refractivity contribution in [2.75, 3.05) is 0 Å². The van der Waals surface area contributed by atoms with Gasteiger partial charge in [0.15, 0.2) is 0 Å². The molecule has 14 heavy (non-hydrogen) atoms. The first kappa shape index (κ1) is 10.8. The highest BCUT2D eigenvalue weighted by molar-refractivity contribution is 9.10. The Morgan fingerprint density at radius 3 is 2.50 bits per heavy atom. The van der Waals surface area contributed by atoms with E-state index in [4.69, 9.17) is 22.1 Å². The standard InChI is InChI=1S/C10H4BrClN2/c11-10-4-9(12)2-1-8(10)3-7(5-13)6-14/h1-4H. The van der Waals surface area contributed by atoms with Gasteiger partial charge in [-0.15, -0.1) is 0 Å². The van der Waals surface area contributed by atoms with Crippen LogP contribution in [0.4, 0.5) is 0 Å². The number of hydrogen-bond acceptors (Lipinski definition) is 2. The van der Waals surface area contributed by atoms with Crippen LogP contribution in [0.2, 0.25) is 5.02 Å². The summed E-state index contributed by atoms with van der Waals surface area (Å²) in [6.07, 6.45) is 1.50. The van der Waals surface area contributed by atoms with E-state index in [1.54, 1.807) is 30.3 Å². The number of benzene rings is 1. The summed E-state index contributed by atoms with van der Waals surface area (Å²) in [5.74, 6) is 0. The maximum atomic E-state index is 8.55. The van der Waals surface area contributed by atoms with Crippen molar-refractivity contribution in [2.45, 2.75) is 0 Å². The molecule has 1 aromatic rings. The maximum Gasteiger partial charge on any atom is 0.130 e. The number of nitriles is 2. The molecule has 0 saturated heterocycles. The van der Waals surface area contributed by atoms with Crippen LogP contribution >= 0.6 is 27.5 Å². The zero-order valence-corrected chi connectivity index (χ0v) is 9.30. The van der Waals surface area contributed by atoms with Crippen molar-refractivity contribution < 1.29 is 0 Å². The van der Waals surface area contributed by atoms with Crippen LogP contribution < -0.4 is 0 Å². The zero-order valence-electron chi connectivity index (χ0n) is 6.96. The van der Waals surface area contributed by atoms with Gasteiger partial charge in [0.25, 0.3) is 0 Å². The third-order valence-electron chi connectivity index (χ3n) is 1.50. The van der Waals surface area contributed by atoms with E-state index in [-0.39, 0.29) is 5.57 Å². The quantitative estimate of drug-likeness (QED) is 0.731. The second-order valence-corrected chi connectivity index (χ2v) is 3.74. The predicted octanol–water partition coefficient (Wildman–Crippen LogP) is 3.53. The average Bonchev–Trinajstić information content (AvgIpc) is 2.17. The summed E-state index contributed by atoms with van der Waals surface area (Å²) in [4.78, 5) is 0. The van der Waals surface area contributed by atoms with Crippen molar-refractivity contribution >= 4 is 33.6 Å². The van der Waals surface area contributed by atoms with Gasteiger partial charge in [-0.25, -0.2) is 0 Å². The molecule has 4 heteroatoms. The van der Waals surface area contributed by atoms with Gasteiger partial charge in [0.05, 0.1) is 0 Å². The largest absolute Gasteiger partial charge is 0.192 e. The molecule has 0 radical (unpaired) electrons. The van der Waals surface area contributed by atoms with Crippen LogP contribution in [0.25, 0.3) is 6.08 Å². The zero-order chi connectivity index (χ0) is 10.6. The van der Waals surface area contributed by atoms with Crippen molar-refractivity contribution in [1.29, 1.82) is 10.5 Å². The fourth-order valence-electron chi connectivity index (χ4n) is 0.864. The van der Waals surface area contributed by atoms with Gasteiger partial charge in [0.1, 0.15) is 17.7 Å². The second kappa shape index (κ2) is 4.81. The average molecular weight is 268 g/mol. The summed E-state index contributed by atoms with van der Waals surface area (Å²) in [6, 6.07) is 8.72. The SMILES string of the molecule is N#CC(C#N)=Cc1ccc(Cl)cc1Br. The molecule has 0 spiro atoms. The first-order valence-corrected chi connectivity index (χ1v) is 4.81. The molecule has 1 aromatic carbocycles. The van der Waals surface area contributed by atoms with E-state index < -0.39 is 0 Å². The smallest absolute Gasteiger partial charge is 0.130 e. The third-order valence-corrected chi connectivity index (χ3v) is 2.43. The van der Waals surface area contributed by atoms with Gasteiger partial charge in [0, 0.05) is 9.50 Å². The van der Waals surface area contributed by atoms with E-state index in [0.717, 1.165) is 10.0 Å². The Bertz CT molecular complexity index is 450. The van der Waals surface area contributed by atoms with E-state index in [9.17, 15) is 0 Å². The molecule has 0 fully saturated rings. The number of halogens is 2. The van der Waals surface area contributed by atoms with Crippen LogP contribution in [0.5, 0.6) is 0 Å². The number of hydrogen-bond donors (Lipinski definition) is 0. The highest BCUT2D eigenvalue weighted by atomic mass is 79.9. The second-order valence-electron chi connectivity index (χ2n) is 2.45. The minimum absolute atomic E-state index is 0.0630. The predicted molar refractivity (Wildman–Crippen MR) is 58.4 cm³/mol. The highest BCUT2D eigenvalue weighted by Crippen LogP contribution is 2.23. The summed E-state index contributed by atoms with van der Waals surface area (Å²) in [5, 5.41) is 17.7. The van der Waals surface area contributed by atoms with Gasteiger partial charge in [-0.2, -0.15) is 10.5 Å². The first-order chi connectivity index (χ1) is 6.67. The van der Waals surface area contributed by atoms with Crippen molar-refractivity contribution in [3.63, 3.8) is 0 Å². The lowest BCUT2D eigenvalue weighted by molar-refractivity contribution is 1.47. The van der Waals surface area contributed by atoms with Gasteiger partial charge in [0.2, 0.25) is 0 Å². The molecular formula is C10H4BrClN2. The van der Waals surface area contributed by atoms with Gasteiger partial charge in [-0.3, -0.25) is 0 Å². The Morgan fingerprint density at radius 2 is 2.00 bits per heavy atom. The summed E-state index contributed by atoms with van der Waals surface area (Å²) in [5.41, 5.74) is 0.820. The molecule has 0 aliphatic rings. The van der Waals surface area contributed by atoms with Crippen LogP contribution in [-0.4, -0.2) is 0 Å². The Labute approximate surface area is 95.2 Å². The lowest BCUT2D eigenvalue weighted by Gasteiger charge is -1.98. The van der Waals surface area contributed by atoms with Crippen molar-refractivity contribution in [2.24, 2.45) is 0 Å². The molecule has 0 heterocycles. The molecule has 0 saturated carbocycles. The van der Waals surface area contributed by atoms with Crippen LogP contribution in [0.15, 0.2) is 28.2 Å². The molecule has 0 unspecified atom stereocenters. The third kappa shape index (κ3) is 2.60. The molecule has 0 aliphatic heterocycles.